The van der Waals surface area contributed by atoms with Crippen LogP contribution in [0.1, 0.15) is 0 Å². The lowest BCUT2D eigenvalue weighted by atomic mass is 10.3. The number of nitrogens with zero attached hydrogens (tertiary/aromatic N) is 4. The SMILES string of the molecule is CS(=O)CCNc1nnnn1-c1ccccc1. The molecule has 0 aliphatic heterocycles. The Hall–Kier alpha value is -1.76. The van der Waals surface area contributed by atoms with Gasteiger partial charge >= 0.3 is 0 Å². The summed E-state index contributed by atoms with van der Waals surface area (Å²) < 4.78 is 12.5. The number of nitrogens with one attached hydrogen (secondary N) is 1. The first-order chi connectivity index (χ1) is 8.27. The maximum atomic E-state index is 10.9. The molecule has 0 amide bonds. The van der Waals surface area contributed by atoms with Crippen LogP contribution in [0, 0.1) is 0 Å². The molecule has 0 spiro atoms. The number of hydrogen-bond donors (Lipinski definition) is 1. The average Bonchev–Trinajstić information content (AvgIpc) is 2.78. The predicted octanol–water partition coefficient (Wildman–Crippen LogP) is 0.453. The van der Waals surface area contributed by atoms with Crippen molar-refractivity contribution in [2.75, 3.05) is 23.9 Å². The van der Waals surface area contributed by atoms with E-state index < -0.39 is 10.8 Å². The third-order valence-electron chi connectivity index (χ3n) is 2.14. The summed E-state index contributed by atoms with van der Waals surface area (Å²) >= 11 is 0. The van der Waals surface area contributed by atoms with Gasteiger partial charge in [-0.05, 0) is 22.6 Å². The molecule has 1 aromatic heterocycles. The fourth-order valence-electron chi connectivity index (χ4n) is 1.35. The highest BCUT2D eigenvalue weighted by Crippen LogP contribution is 2.09. The van der Waals surface area contributed by atoms with Gasteiger partial charge in [0.15, 0.2) is 0 Å². The van der Waals surface area contributed by atoms with Crippen molar-refractivity contribution in [1.29, 1.82) is 0 Å². The van der Waals surface area contributed by atoms with Gasteiger partial charge in [-0.2, -0.15) is 4.68 Å². The minimum atomic E-state index is -0.819. The zero-order chi connectivity index (χ0) is 12.1. The average molecular weight is 251 g/mol. The summed E-state index contributed by atoms with van der Waals surface area (Å²) in [6, 6.07) is 9.60. The van der Waals surface area contributed by atoms with Gasteiger partial charge in [0.05, 0.1) is 5.69 Å². The number of rotatable bonds is 5. The molecule has 0 radical (unpaired) electrons. The fraction of sp³-hybridized carbons (Fsp3) is 0.300. The number of aromatic nitrogens is 4. The zero-order valence-corrected chi connectivity index (χ0v) is 10.2. The molecule has 0 bridgehead atoms. The minimum absolute atomic E-state index is 0.557. The molecule has 90 valence electrons. The molecule has 7 heteroatoms. The normalized spacial score (nSPS) is 12.3. The Morgan fingerprint density at radius 3 is 2.82 bits per heavy atom. The van der Waals surface area contributed by atoms with Crippen LogP contribution in [-0.2, 0) is 10.8 Å². The van der Waals surface area contributed by atoms with E-state index in [0.29, 0.717) is 18.2 Å². The lowest BCUT2D eigenvalue weighted by molar-refractivity contribution is 0.686. The van der Waals surface area contributed by atoms with Crippen LogP contribution < -0.4 is 5.32 Å². The summed E-state index contributed by atoms with van der Waals surface area (Å²) in [5.41, 5.74) is 0.887. The molecule has 1 aromatic carbocycles. The van der Waals surface area contributed by atoms with E-state index >= 15 is 0 Å². The van der Waals surface area contributed by atoms with Crippen molar-refractivity contribution in [3.8, 4) is 5.69 Å². The van der Waals surface area contributed by atoms with E-state index in [9.17, 15) is 4.21 Å². The zero-order valence-electron chi connectivity index (χ0n) is 9.41. The van der Waals surface area contributed by atoms with Crippen LogP contribution in [0.15, 0.2) is 30.3 Å². The van der Waals surface area contributed by atoms with E-state index in [2.05, 4.69) is 20.8 Å². The van der Waals surface area contributed by atoms with Crippen LogP contribution in [-0.4, -0.2) is 43.0 Å². The maximum Gasteiger partial charge on any atom is 0.247 e. The molecular formula is C10H13N5OS. The van der Waals surface area contributed by atoms with E-state index in [1.807, 2.05) is 30.3 Å². The van der Waals surface area contributed by atoms with Crippen molar-refractivity contribution in [1.82, 2.24) is 20.2 Å². The third kappa shape index (κ3) is 3.10. The quantitative estimate of drug-likeness (QED) is 0.835. The molecule has 0 aliphatic carbocycles. The van der Waals surface area contributed by atoms with Crippen molar-refractivity contribution in [3.63, 3.8) is 0 Å². The topological polar surface area (TPSA) is 72.7 Å². The van der Waals surface area contributed by atoms with Crippen LogP contribution in [0.3, 0.4) is 0 Å². The van der Waals surface area contributed by atoms with Crippen molar-refractivity contribution < 1.29 is 4.21 Å². The molecule has 0 aliphatic rings. The molecular weight excluding hydrogens is 238 g/mol. The summed E-state index contributed by atoms with van der Waals surface area (Å²) in [4.78, 5) is 0. The standard InChI is InChI=1S/C10H13N5OS/c1-17(16)8-7-11-10-12-13-14-15(10)9-5-3-2-4-6-9/h2-6H,7-8H2,1H3,(H,11,12,14). The van der Waals surface area contributed by atoms with E-state index in [0.717, 1.165) is 5.69 Å². The molecule has 0 saturated carbocycles. The molecule has 1 unspecified atom stereocenters. The van der Waals surface area contributed by atoms with Crippen molar-refractivity contribution in [2.45, 2.75) is 0 Å². The molecule has 1 heterocycles. The summed E-state index contributed by atoms with van der Waals surface area (Å²) in [6.07, 6.45) is 1.67. The minimum Gasteiger partial charge on any atom is -0.352 e. The summed E-state index contributed by atoms with van der Waals surface area (Å²) in [7, 11) is -0.819. The molecule has 2 rings (SSSR count). The number of anilines is 1. The van der Waals surface area contributed by atoms with Gasteiger partial charge in [0.2, 0.25) is 5.95 Å². The fourth-order valence-corrected chi connectivity index (χ4v) is 1.74. The Balaban J connectivity index is 2.10. The Kier molecular flexibility index (Phi) is 3.81. The molecule has 0 fully saturated rings. The lowest BCUT2D eigenvalue weighted by Gasteiger charge is -2.05. The van der Waals surface area contributed by atoms with Crippen LogP contribution >= 0.6 is 0 Å². The summed E-state index contributed by atoms with van der Waals surface area (Å²) in [6.45, 7) is 0.580. The van der Waals surface area contributed by atoms with Crippen LogP contribution in [0.2, 0.25) is 0 Å². The van der Waals surface area contributed by atoms with Crippen molar-refractivity contribution in [2.24, 2.45) is 0 Å². The Morgan fingerprint density at radius 1 is 1.35 bits per heavy atom. The summed E-state index contributed by atoms with van der Waals surface area (Å²) in [5.74, 6) is 1.13. The van der Waals surface area contributed by atoms with Crippen LogP contribution in [0.25, 0.3) is 5.69 Å². The highest BCUT2D eigenvalue weighted by Gasteiger charge is 2.06. The summed E-state index contributed by atoms with van der Waals surface area (Å²) in [5, 5.41) is 14.5. The van der Waals surface area contributed by atoms with E-state index in [-0.39, 0.29) is 0 Å². The van der Waals surface area contributed by atoms with Crippen LogP contribution in [0.4, 0.5) is 5.95 Å². The first-order valence-electron chi connectivity index (χ1n) is 5.15. The van der Waals surface area contributed by atoms with E-state index in [4.69, 9.17) is 0 Å². The Labute approximate surface area is 101 Å². The molecule has 1 atom stereocenters. The van der Waals surface area contributed by atoms with E-state index in [1.54, 1.807) is 10.9 Å². The number of hydrogen-bond acceptors (Lipinski definition) is 5. The van der Waals surface area contributed by atoms with Crippen LogP contribution in [0.5, 0.6) is 0 Å². The van der Waals surface area contributed by atoms with Crippen molar-refractivity contribution in [3.05, 3.63) is 30.3 Å². The highest BCUT2D eigenvalue weighted by molar-refractivity contribution is 7.84. The number of benzene rings is 1. The van der Waals surface area contributed by atoms with Gasteiger partial charge < -0.3 is 5.32 Å². The molecule has 17 heavy (non-hydrogen) atoms. The Morgan fingerprint density at radius 2 is 2.12 bits per heavy atom. The molecule has 2 aromatic rings. The predicted molar refractivity (Wildman–Crippen MR) is 66.6 cm³/mol. The van der Waals surface area contributed by atoms with Crippen molar-refractivity contribution >= 4 is 16.7 Å². The van der Waals surface area contributed by atoms with E-state index in [1.165, 1.54) is 0 Å². The number of para-hydroxylation sites is 1. The van der Waals surface area contributed by atoms with Gasteiger partial charge in [0.1, 0.15) is 0 Å². The van der Waals surface area contributed by atoms with Gasteiger partial charge in [-0.3, -0.25) is 4.21 Å². The second kappa shape index (κ2) is 5.53. The van der Waals surface area contributed by atoms with Gasteiger partial charge in [-0.25, -0.2) is 0 Å². The largest absolute Gasteiger partial charge is 0.352 e. The molecule has 0 saturated heterocycles. The second-order valence-electron chi connectivity index (χ2n) is 3.45. The highest BCUT2D eigenvalue weighted by atomic mass is 32.2. The smallest absolute Gasteiger partial charge is 0.247 e. The van der Waals surface area contributed by atoms with Gasteiger partial charge in [-0.15, -0.1) is 0 Å². The molecule has 6 nitrogen and oxygen atoms in total. The second-order valence-corrected chi connectivity index (χ2v) is 5.01. The van der Waals surface area contributed by atoms with Gasteiger partial charge in [0.25, 0.3) is 0 Å². The first kappa shape index (κ1) is 11.7. The lowest BCUT2D eigenvalue weighted by Crippen LogP contribution is -2.13. The Bertz CT molecular complexity index is 498. The maximum absolute atomic E-state index is 10.9. The van der Waals surface area contributed by atoms with Gasteiger partial charge in [0, 0.05) is 29.4 Å². The number of tetrazole rings is 1. The first-order valence-corrected chi connectivity index (χ1v) is 6.88. The molecule has 1 N–H and O–H groups in total. The monoisotopic (exact) mass is 251 g/mol. The van der Waals surface area contributed by atoms with Gasteiger partial charge in [-0.1, -0.05) is 23.3 Å². The third-order valence-corrected chi connectivity index (χ3v) is 2.92.